The lowest BCUT2D eigenvalue weighted by Gasteiger charge is -2.38. The van der Waals surface area contributed by atoms with E-state index in [1.807, 2.05) is 6.29 Å². The lowest BCUT2D eigenvalue weighted by Crippen LogP contribution is -2.56. The minimum Gasteiger partial charge on any atom is -0.393 e. The van der Waals surface area contributed by atoms with Gasteiger partial charge in [-0.15, -0.1) is 0 Å². The van der Waals surface area contributed by atoms with Gasteiger partial charge in [0.15, 0.2) is 0 Å². The van der Waals surface area contributed by atoms with Crippen molar-refractivity contribution in [3.8, 4) is 0 Å². The number of halogens is 1. The van der Waals surface area contributed by atoms with Crippen LogP contribution in [0.3, 0.4) is 0 Å². The molecule has 1 fully saturated rings. The van der Waals surface area contributed by atoms with E-state index in [4.69, 9.17) is 5.73 Å². The average molecular weight is 293 g/mol. The number of benzene rings is 1. The molecule has 3 atom stereocenters. The van der Waals surface area contributed by atoms with E-state index in [1.54, 1.807) is 17.0 Å². The van der Waals surface area contributed by atoms with Gasteiger partial charge in [-0.05, 0) is 37.0 Å². The number of amides is 1. The molecule has 1 aromatic carbocycles. The quantitative estimate of drug-likeness (QED) is 0.810. The standard InChI is InChI=1S/C15H18FN2O3/c16-11-3-1-10(2-4-11)7-12(9-19)18-6-5-13(20)8-14(18)15(17)21/h1-4,12-14,20H,5-8H2,(H2,17,21). The number of aliphatic hydroxyl groups is 1. The molecule has 5 nitrogen and oxygen atoms in total. The van der Waals surface area contributed by atoms with Crippen molar-refractivity contribution in [1.82, 2.24) is 4.90 Å². The van der Waals surface area contributed by atoms with Crippen LogP contribution in [0.2, 0.25) is 0 Å². The minimum absolute atomic E-state index is 0.219. The fraction of sp³-hybridized carbons (Fsp3) is 0.467. The zero-order valence-electron chi connectivity index (χ0n) is 11.5. The van der Waals surface area contributed by atoms with Gasteiger partial charge in [-0.3, -0.25) is 14.5 Å². The zero-order chi connectivity index (χ0) is 15.4. The van der Waals surface area contributed by atoms with Crippen molar-refractivity contribution in [2.24, 2.45) is 5.73 Å². The van der Waals surface area contributed by atoms with Gasteiger partial charge in [0.1, 0.15) is 5.82 Å². The average Bonchev–Trinajstić information content (AvgIpc) is 2.47. The van der Waals surface area contributed by atoms with Gasteiger partial charge in [-0.2, -0.15) is 0 Å². The molecule has 113 valence electrons. The third kappa shape index (κ3) is 3.86. The van der Waals surface area contributed by atoms with Crippen LogP contribution < -0.4 is 5.73 Å². The maximum atomic E-state index is 12.9. The summed E-state index contributed by atoms with van der Waals surface area (Å²) in [4.78, 5) is 24.5. The number of likely N-dealkylation sites (tertiary alicyclic amines) is 1. The molecule has 0 aliphatic carbocycles. The van der Waals surface area contributed by atoms with Gasteiger partial charge in [0.2, 0.25) is 12.2 Å². The highest BCUT2D eigenvalue weighted by Gasteiger charge is 2.35. The minimum atomic E-state index is -0.680. The molecule has 1 amide bonds. The fourth-order valence-corrected chi connectivity index (χ4v) is 2.69. The highest BCUT2D eigenvalue weighted by atomic mass is 19.1. The van der Waals surface area contributed by atoms with Crippen LogP contribution in [0.15, 0.2) is 24.3 Å². The molecular formula is C15H18FN2O3. The summed E-state index contributed by atoms with van der Waals surface area (Å²) < 4.78 is 12.9. The molecule has 1 aliphatic rings. The molecule has 1 aliphatic heterocycles. The van der Waals surface area contributed by atoms with Gasteiger partial charge < -0.3 is 10.8 Å². The van der Waals surface area contributed by atoms with Crippen LogP contribution in [0.25, 0.3) is 0 Å². The Labute approximate surface area is 122 Å². The van der Waals surface area contributed by atoms with Crippen LogP contribution in [0.5, 0.6) is 0 Å². The Morgan fingerprint density at radius 3 is 2.71 bits per heavy atom. The van der Waals surface area contributed by atoms with Gasteiger partial charge in [0.05, 0.1) is 18.2 Å². The number of hydrogen-bond acceptors (Lipinski definition) is 4. The largest absolute Gasteiger partial charge is 0.393 e. The summed E-state index contributed by atoms with van der Waals surface area (Å²) in [5.41, 5.74) is 6.13. The van der Waals surface area contributed by atoms with E-state index in [-0.39, 0.29) is 12.2 Å². The Kier molecular flexibility index (Phi) is 5.03. The molecular weight excluding hydrogens is 275 g/mol. The number of piperidine rings is 1. The van der Waals surface area contributed by atoms with Gasteiger partial charge in [0.25, 0.3) is 0 Å². The number of carbonyl (C=O) groups excluding carboxylic acids is 2. The molecule has 1 aromatic rings. The Balaban J connectivity index is 2.13. The summed E-state index contributed by atoms with van der Waals surface area (Å²) in [5, 5.41) is 9.65. The third-order valence-electron chi connectivity index (χ3n) is 3.82. The summed E-state index contributed by atoms with van der Waals surface area (Å²) in [6.45, 7) is 0.399. The third-order valence-corrected chi connectivity index (χ3v) is 3.82. The number of aliphatic hydroxyl groups excluding tert-OH is 1. The van der Waals surface area contributed by atoms with E-state index in [1.165, 1.54) is 12.1 Å². The van der Waals surface area contributed by atoms with E-state index in [2.05, 4.69) is 0 Å². The van der Waals surface area contributed by atoms with Crippen molar-refractivity contribution < 1.29 is 19.1 Å². The normalized spacial score (nSPS) is 24.5. The molecule has 2 rings (SSSR count). The second kappa shape index (κ2) is 6.78. The van der Waals surface area contributed by atoms with E-state index in [0.29, 0.717) is 19.4 Å². The summed E-state index contributed by atoms with van der Waals surface area (Å²) in [6, 6.07) is 4.52. The van der Waals surface area contributed by atoms with Crippen molar-refractivity contribution in [2.75, 3.05) is 6.54 Å². The first kappa shape index (κ1) is 15.6. The molecule has 6 heteroatoms. The first-order valence-corrected chi connectivity index (χ1v) is 6.86. The maximum absolute atomic E-state index is 12.9. The van der Waals surface area contributed by atoms with E-state index in [9.17, 15) is 19.1 Å². The number of carbonyl (C=O) groups is 1. The van der Waals surface area contributed by atoms with Crippen LogP contribution in [0.1, 0.15) is 18.4 Å². The monoisotopic (exact) mass is 293 g/mol. The molecule has 0 saturated carbocycles. The van der Waals surface area contributed by atoms with Crippen molar-refractivity contribution >= 4 is 12.2 Å². The Hall–Kier alpha value is -1.79. The summed E-state index contributed by atoms with van der Waals surface area (Å²) >= 11 is 0. The molecule has 3 unspecified atom stereocenters. The van der Waals surface area contributed by atoms with Crippen molar-refractivity contribution in [3.05, 3.63) is 35.6 Å². The molecule has 0 bridgehead atoms. The van der Waals surface area contributed by atoms with Gasteiger partial charge in [0, 0.05) is 6.54 Å². The zero-order valence-corrected chi connectivity index (χ0v) is 11.5. The highest BCUT2D eigenvalue weighted by molar-refractivity contribution is 5.80. The number of nitrogens with zero attached hydrogens (tertiary/aromatic N) is 1. The number of rotatable bonds is 5. The predicted molar refractivity (Wildman–Crippen MR) is 74.5 cm³/mol. The molecule has 1 heterocycles. The van der Waals surface area contributed by atoms with Crippen LogP contribution in [-0.4, -0.2) is 46.9 Å². The second-order valence-electron chi connectivity index (χ2n) is 5.30. The SMILES string of the molecule is NC(=O)C1CC(O)CCN1C([C]=O)Cc1ccc(F)cc1. The van der Waals surface area contributed by atoms with Crippen LogP contribution in [0.4, 0.5) is 4.39 Å². The summed E-state index contributed by atoms with van der Waals surface area (Å²) in [7, 11) is 0. The van der Waals surface area contributed by atoms with E-state index < -0.39 is 24.1 Å². The van der Waals surface area contributed by atoms with Gasteiger partial charge in [-0.1, -0.05) is 12.1 Å². The lowest BCUT2D eigenvalue weighted by atomic mass is 9.95. The van der Waals surface area contributed by atoms with E-state index >= 15 is 0 Å². The second-order valence-corrected chi connectivity index (χ2v) is 5.30. The fourth-order valence-electron chi connectivity index (χ4n) is 2.69. The molecule has 0 spiro atoms. The van der Waals surface area contributed by atoms with Crippen molar-refractivity contribution in [1.29, 1.82) is 0 Å². The van der Waals surface area contributed by atoms with Gasteiger partial charge in [-0.25, -0.2) is 4.39 Å². The predicted octanol–water partition coefficient (Wildman–Crippen LogP) is 0.157. The molecule has 1 saturated heterocycles. The Morgan fingerprint density at radius 1 is 1.48 bits per heavy atom. The Bertz CT molecular complexity index is 506. The van der Waals surface area contributed by atoms with Crippen LogP contribution in [-0.2, 0) is 16.0 Å². The number of hydrogen-bond donors (Lipinski definition) is 2. The van der Waals surface area contributed by atoms with Gasteiger partial charge >= 0.3 is 0 Å². The molecule has 21 heavy (non-hydrogen) atoms. The Morgan fingerprint density at radius 2 is 2.14 bits per heavy atom. The van der Waals surface area contributed by atoms with Crippen LogP contribution >= 0.6 is 0 Å². The number of nitrogens with two attached hydrogens (primary N) is 1. The lowest BCUT2D eigenvalue weighted by molar-refractivity contribution is -0.127. The summed E-state index contributed by atoms with van der Waals surface area (Å²) in [5.74, 6) is -0.908. The van der Waals surface area contributed by atoms with Crippen molar-refractivity contribution in [2.45, 2.75) is 37.5 Å². The topological polar surface area (TPSA) is 83.6 Å². The number of primary amides is 1. The molecule has 1 radical (unpaired) electrons. The maximum Gasteiger partial charge on any atom is 0.234 e. The summed E-state index contributed by atoms with van der Waals surface area (Å²) in [6.07, 6.45) is 2.36. The van der Waals surface area contributed by atoms with Crippen LogP contribution in [0, 0.1) is 5.82 Å². The van der Waals surface area contributed by atoms with Crippen molar-refractivity contribution in [3.63, 3.8) is 0 Å². The first-order chi connectivity index (χ1) is 10.0. The first-order valence-electron chi connectivity index (χ1n) is 6.86. The van der Waals surface area contributed by atoms with E-state index in [0.717, 1.165) is 5.56 Å². The molecule has 3 N–H and O–H groups in total. The smallest absolute Gasteiger partial charge is 0.234 e. The highest BCUT2D eigenvalue weighted by Crippen LogP contribution is 2.21. The molecule has 0 aromatic heterocycles.